The van der Waals surface area contributed by atoms with Gasteiger partial charge in [-0.15, -0.1) is 0 Å². The van der Waals surface area contributed by atoms with E-state index in [9.17, 15) is 9.18 Å². The van der Waals surface area contributed by atoms with Crippen molar-refractivity contribution in [1.82, 2.24) is 15.1 Å². The molecule has 110 valence electrons. The average molecular weight is 279 g/mol. The summed E-state index contributed by atoms with van der Waals surface area (Å²) in [6.07, 6.45) is 0. The summed E-state index contributed by atoms with van der Waals surface area (Å²) in [5, 5.41) is 2.91. The molecule has 1 fully saturated rings. The zero-order valence-corrected chi connectivity index (χ0v) is 12.1. The van der Waals surface area contributed by atoms with Crippen molar-refractivity contribution < 1.29 is 9.18 Å². The third-order valence-corrected chi connectivity index (χ3v) is 3.39. The third-order valence-electron chi connectivity index (χ3n) is 3.39. The van der Waals surface area contributed by atoms with Crippen LogP contribution in [0, 0.1) is 5.82 Å². The van der Waals surface area contributed by atoms with Gasteiger partial charge in [0.1, 0.15) is 5.82 Å². The van der Waals surface area contributed by atoms with E-state index in [1.54, 1.807) is 0 Å². The predicted octanol–water partition coefficient (Wildman–Crippen LogP) is 2.06. The van der Waals surface area contributed by atoms with Crippen molar-refractivity contribution in [3.8, 4) is 0 Å². The molecular weight excluding hydrogens is 257 g/mol. The second-order valence-corrected chi connectivity index (χ2v) is 5.49. The molecule has 1 aromatic rings. The lowest BCUT2D eigenvalue weighted by atomic mass is 10.2. The summed E-state index contributed by atoms with van der Waals surface area (Å²) in [5.74, 6) is -0.205. The molecule has 0 aromatic heterocycles. The van der Waals surface area contributed by atoms with Gasteiger partial charge in [0, 0.05) is 38.8 Å². The minimum atomic E-state index is -0.205. The number of rotatable bonds is 3. The first kappa shape index (κ1) is 14.8. The molecule has 20 heavy (non-hydrogen) atoms. The third kappa shape index (κ3) is 4.20. The molecule has 1 aliphatic heterocycles. The van der Waals surface area contributed by atoms with Gasteiger partial charge < -0.3 is 10.2 Å². The zero-order chi connectivity index (χ0) is 14.5. The molecule has 0 radical (unpaired) electrons. The summed E-state index contributed by atoms with van der Waals surface area (Å²) in [6, 6.07) is 6.78. The van der Waals surface area contributed by atoms with Crippen molar-refractivity contribution in [1.29, 1.82) is 0 Å². The van der Waals surface area contributed by atoms with E-state index in [-0.39, 0.29) is 17.9 Å². The first-order chi connectivity index (χ1) is 9.54. The summed E-state index contributed by atoms with van der Waals surface area (Å²) in [6.45, 7) is 7.90. The molecule has 2 rings (SSSR count). The Labute approximate surface area is 119 Å². The Morgan fingerprint density at radius 1 is 1.20 bits per heavy atom. The number of hydrogen-bond donors (Lipinski definition) is 1. The van der Waals surface area contributed by atoms with Gasteiger partial charge in [-0.2, -0.15) is 0 Å². The van der Waals surface area contributed by atoms with Crippen molar-refractivity contribution in [2.45, 2.75) is 26.4 Å². The summed E-state index contributed by atoms with van der Waals surface area (Å²) in [4.78, 5) is 16.0. The molecule has 2 amide bonds. The van der Waals surface area contributed by atoms with Gasteiger partial charge in [0.2, 0.25) is 0 Å². The maximum Gasteiger partial charge on any atom is 0.317 e. The van der Waals surface area contributed by atoms with Crippen LogP contribution in [0.1, 0.15) is 19.4 Å². The van der Waals surface area contributed by atoms with Gasteiger partial charge in [0.05, 0.1) is 0 Å². The standard InChI is InChI=1S/C15H22FN3O/c1-12(2)17-15(20)19-9-7-18(8-10-19)11-13-3-5-14(16)6-4-13/h3-6,12H,7-11H2,1-2H3,(H,17,20). The highest BCUT2D eigenvalue weighted by Gasteiger charge is 2.21. The summed E-state index contributed by atoms with van der Waals surface area (Å²) < 4.78 is 12.8. The van der Waals surface area contributed by atoms with Crippen LogP contribution >= 0.6 is 0 Å². The van der Waals surface area contributed by atoms with Crippen LogP contribution in [0.25, 0.3) is 0 Å². The molecule has 4 nitrogen and oxygen atoms in total. The highest BCUT2D eigenvalue weighted by Crippen LogP contribution is 2.09. The molecule has 1 aromatic carbocycles. The SMILES string of the molecule is CC(C)NC(=O)N1CCN(Cc2ccc(F)cc2)CC1. The summed E-state index contributed by atoms with van der Waals surface area (Å²) in [5.41, 5.74) is 1.10. The van der Waals surface area contributed by atoms with E-state index in [2.05, 4.69) is 10.2 Å². The number of urea groups is 1. The number of nitrogens with zero attached hydrogens (tertiary/aromatic N) is 2. The molecule has 0 atom stereocenters. The lowest BCUT2D eigenvalue weighted by Crippen LogP contribution is -2.52. The molecule has 1 saturated heterocycles. The number of nitrogens with one attached hydrogen (secondary N) is 1. The maximum absolute atomic E-state index is 12.8. The Bertz CT molecular complexity index is 439. The number of amides is 2. The number of hydrogen-bond acceptors (Lipinski definition) is 2. The Hall–Kier alpha value is -1.62. The Morgan fingerprint density at radius 3 is 2.35 bits per heavy atom. The van der Waals surface area contributed by atoms with Gasteiger partial charge in [-0.05, 0) is 31.5 Å². The normalized spacial score (nSPS) is 16.5. The Kier molecular flexibility index (Phi) is 4.95. The van der Waals surface area contributed by atoms with Crippen LogP contribution in [0.3, 0.4) is 0 Å². The fraction of sp³-hybridized carbons (Fsp3) is 0.533. The molecule has 1 aliphatic rings. The van der Waals surface area contributed by atoms with Gasteiger partial charge in [-0.1, -0.05) is 12.1 Å². The van der Waals surface area contributed by atoms with Gasteiger partial charge in [0.25, 0.3) is 0 Å². The topological polar surface area (TPSA) is 35.6 Å². The largest absolute Gasteiger partial charge is 0.336 e. The molecule has 0 saturated carbocycles. The predicted molar refractivity (Wildman–Crippen MR) is 76.9 cm³/mol. The highest BCUT2D eigenvalue weighted by atomic mass is 19.1. The van der Waals surface area contributed by atoms with E-state index >= 15 is 0 Å². The molecular formula is C15H22FN3O. The van der Waals surface area contributed by atoms with E-state index in [1.807, 2.05) is 30.9 Å². The smallest absolute Gasteiger partial charge is 0.317 e. The lowest BCUT2D eigenvalue weighted by molar-refractivity contribution is 0.134. The number of halogens is 1. The zero-order valence-electron chi connectivity index (χ0n) is 12.1. The molecule has 0 spiro atoms. The first-order valence-corrected chi connectivity index (χ1v) is 7.07. The fourth-order valence-corrected chi connectivity index (χ4v) is 2.30. The van der Waals surface area contributed by atoms with Crippen molar-refractivity contribution >= 4 is 6.03 Å². The second-order valence-electron chi connectivity index (χ2n) is 5.49. The van der Waals surface area contributed by atoms with E-state index < -0.39 is 0 Å². The molecule has 5 heteroatoms. The number of benzene rings is 1. The molecule has 0 unspecified atom stereocenters. The van der Waals surface area contributed by atoms with Gasteiger partial charge in [0.15, 0.2) is 0 Å². The van der Waals surface area contributed by atoms with Crippen molar-refractivity contribution in [3.63, 3.8) is 0 Å². The fourth-order valence-electron chi connectivity index (χ4n) is 2.30. The summed E-state index contributed by atoms with van der Waals surface area (Å²) >= 11 is 0. The molecule has 0 aliphatic carbocycles. The van der Waals surface area contributed by atoms with Crippen LogP contribution < -0.4 is 5.32 Å². The second kappa shape index (κ2) is 6.70. The lowest BCUT2D eigenvalue weighted by Gasteiger charge is -2.35. The molecule has 1 heterocycles. The highest BCUT2D eigenvalue weighted by molar-refractivity contribution is 5.74. The minimum Gasteiger partial charge on any atom is -0.336 e. The van der Waals surface area contributed by atoms with Gasteiger partial charge >= 0.3 is 6.03 Å². The van der Waals surface area contributed by atoms with E-state index in [0.717, 1.165) is 38.3 Å². The quantitative estimate of drug-likeness (QED) is 0.919. The number of carbonyl (C=O) groups is 1. The van der Waals surface area contributed by atoms with E-state index in [1.165, 1.54) is 12.1 Å². The monoisotopic (exact) mass is 279 g/mol. The molecule has 0 bridgehead atoms. The Balaban J connectivity index is 1.79. The number of carbonyl (C=O) groups excluding carboxylic acids is 1. The average Bonchev–Trinajstić information content (AvgIpc) is 2.41. The van der Waals surface area contributed by atoms with E-state index in [4.69, 9.17) is 0 Å². The first-order valence-electron chi connectivity index (χ1n) is 7.07. The van der Waals surface area contributed by atoms with E-state index in [0.29, 0.717) is 0 Å². The Morgan fingerprint density at radius 2 is 1.80 bits per heavy atom. The minimum absolute atomic E-state index is 0.0152. The van der Waals surface area contributed by atoms with Crippen LogP contribution in [0.4, 0.5) is 9.18 Å². The van der Waals surface area contributed by atoms with Crippen molar-refractivity contribution in [2.24, 2.45) is 0 Å². The van der Waals surface area contributed by atoms with Crippen molar-refractivity contribution in [2.75, 3.05) is 26.2 Å². The van der Waals surface area contributed by atoms with Crippen LogP contribution in [0.5, 0.6) is 0 Å². The van der Waals surface area contributed by atoms with Crippen molar-refractivity contribution in [3.05, 3.63) is 35.6 Å². The maximum atomic E-state index is 12.8. The van der Waals surface area contributed by atoms with Crippen LogP contribution in [0.2, 0.25) is 0 Å². The van der Waals surface area contributed by atoms with Crippen LogP contribution in [0.15, 0.2) is 24.3 Å². The van der Waals surface area contributed by atoms with Crippen LogP contribution in [-0.4, -0.2) is 48.1 Å². The van der Waals surface area contributed by atoms with Gasteiger partial charge in [-0.25, -0.2) is 9.18 Å². The number of piperazine rings is 1. The van der Waals surface area contributed by atoms with Crippen LogP contribution in [-0.2, 0) is 6.54 Å². The molecule has 1 N–H and O–H groups in total. The summed E-state index contributed by atoms with van der Waals surface area (Å²) in [7, 11) is 0. The van der Waals surface area contributed by atoms with Gasteiger partial charge in [-0.3, -0.25) is 4.90 Å².